The van der Waals surface area contributed by atoms with Gasteiger partial charge in [0.2, 0.25) is 0 Å². The summed E-state index contributed by atoms with van der Waals surface area (Å²) in [4.78, 5) is 14.0. The molecular weight excluding hydrogens is 280 g/mol. The summed E-state index contributed by atoms with van der Waals surface area (Å²) in [5, 5.41) is 3.00. The maximum atomic E-state index is 12.1. The average molecular weight is 306 g/mol. The van der Waals surface area contributed by atoms with Crippen molar-refractivity contribution in [1.82, 2.24) is 10.2 Å². The van der Waals surface area contributed by atoms with Crippen LogP contribution in [0, 0.1) is 0 Å². The van der Waals surface area contributed by atoms with E-state index in [4.69, 9.17) is 9.47 Å². The molecule has 1 aromatic carbocycles. The summed E-state index contributed by atoms with van der Waals surface area (Å²) < 4.78 is 11.3. The second kappa shape index (κ2) is 6.90. The lowest BCUT2D eigenvalue weighted by Crippen LogP contribution is -2.51. The van der Waals surface area contributed by atoms with Gasteiger partial charge >= 0.3 is 6.03 Å². The molecule has 1 saturated heterocycles. The Morgan fingerprint density at radius 1 is 1.18 bits per heavy atom. The van der Waals surface area contributed by atoms with Crippen molar-refractivity contribution in [2.24, 2.45) is 0 Å². The van der Waals surface area contributed by atoms with E-state index in [-0.39, 0.29) is 17.7 Å². The fourth-order valence-electron chi connectivity index (χ4n) is 2.47. The molecule has 0 atom stereocenters. The van der Waals surface area contributed by atoms with Gasteiger partial charge in [0.1, 0.15) is 6.10 Å². The fourth-order valence-corrected chi connectivity index (χ4v) is 2.47. The van der Waals surface area contributed by atoms with Crippen LogP contribution < -0.4 is 14.8 Å². The lowest BCUT2D eigenvalue weighted by molar-refractivity contribution is 0.106. The summed E-state index contributed by atoms with van der Waals surface area (Å²) in [6.45, 7) is 7.39. The van der Waals surface area contributed by atoms with Gasteiger partial charge in [0.15, 0.2) is 11.5 Å². The maximum Gasteiger partial charge on any atom is 0.317 e. The summed E-state index contributed by atoms with van der Waals surface area (Å²) in [6, 6.07) is 7.66. The molecule has 2 amide bonds. The van der Waals surface area contributed by atoms with Gasteiger partial charge in [0, 0.05) is 31.5 Å². The maximum absolute atomic E-state index is 12.1. The standard InChI is InChI=1S/C17H26N2O3/c1-17(2,3)18-16(20)19-11-9-13(10-12-19)22-15-8-6-5-7-14(15)21-4/h5-8,13H,9-12H2,1-4H3,(H,18,20). The molecule has 5 nitrogen and oxygen atoms in total. The van der Waals surface area contributed by atoms with Crippen LogP contribution in [-0.4, -0.2) is 42.8 Å². The highest BCUT2D eigenvalue weighted by Gasteiger charge is 2.26. The summed E-state index contributed by atoms with van der Waals surface area (Å²) in [5.74, 6) is 1.51. The third kappa shape index (κ3) is 4.55. The first-order valence-corrected chi connectivity index (χ1v) is 7.76. The molecule has 1 heterocycles. The van der Waals surface area contributed by atoms with Crippen LogP contribution in [0.2, 0.25) is 0 Å². The van der Waals surface area contributed by atoms with Gasteiger partial charge in [0.05, 0.1) is 7.11 Å². The van der Waals surface area contributed by atoms with Gasteiger partial charge in [0.25, 0.3) is 0 Å². The zero-order chi connectivity index (χ0) is 16.2. The van der Waals surface area contributed by atoms with Crippen molar-refractivity contribution in [2.45, 2.75) is 45.3 Å². The van der Waals surface area contributed by atoms with Crippen LogP contribution in [0.25, 0.3) is 0 Å². The highest BCUT2D eigenvalue weighted by molar-refractivity contribution is 5.75. The number of para-hydroxylation sites is 2. The minimum atomic E-state index is -0.207. The van der Waals surface area contributed by atoms with Crippen LogP contribution in [0.4, 0.5) is 4.79 Å². The minimum Gasteiger partial charge on any atom is -0.493 e. The number of nitrogens with zero attached hydrogens (tertiary/aromatic N) is 1. The number of rotatable bonds is 3. The molecule has 2 rings (SSSR count). The zero-order valence-corrected chi connectivity index (χ0v) is 13.9. The largest absolute Gasteiger partial charge is 0.493 e. The number of hydrogen-bond acceptors (Lipinski definition) is 3. The van der Waals surface area contributed by atoms with E-state index in [1.165, 1.54) is 0 Å². The van der Waals surface area contributed by atoms with Crippen molar-refractivity contribution in [1.29, 1.82) is 0 Å². The predicted molar refractivity (Wildman–Crippen MR) is 86.5 cm³/mol. The van der Waals surface area contributed by atoms with Gasteiger partial charge in [-0.2, -0.15) is 0 Å². The Kier molecular flexibility index (Phi) is 5.16. The van der Waals surface area contributed by atoms with Crippen LogP contribution in [-0.2, 0) is 0 Å². The Morgan fingerprint density at radius 2 is 1.77 bits per heavy atom. The number of carbonyl (C=O) groups excluding carboxylic acids is 1. The summed E-state index contributed by atoms with van der Waals surface area (Å²) in [5.41, 5.74) is -0.207. The number of urea groups is 1. The summed E-state index contributed by atoms with van der Waals surface area (Å²) in [6.07, 6.45) is 1.78. The van der Waals surface area contributed by atoms with E-state index >= 15 is 0 Å². The highest BCUT2D eigenvalue weighted by Crippen LogP contribution is 2.28. The lowest BCUT2D eigenvalue weighted by Gasteiger charge is -2.34. The molecule has 22 heavy (non-hydrogen) atoms. The molecule has 0 spiro atoms. The van der Waals surface area contributed by atoms with Crippen molar-refractivity contribution in [3.05, 3.63) is 24.3 Å². The second-order valence-corrected chi connectivity index (χ2v) is 6.64. The second-order valence-electron chi connectivity index (χ2n) is 6.64. The molecule has 5 heteroatoms. The first-order chi connectivity index (χ1) is 10.4. The first kappa shape index (κ1) is 16.5. The molecule has 0 bridgehead atoms. The lowest BCUT2D eigenvalue weighted by atomic mass is 10.1. The fraction of sp³-hybridized carbons (Fsp3) is 0.588. The predicted octanol–water partition coefficient (Wildman–Crippen LogP) is 3.05. The Labute approximate surface area is 132 Å². The smallest absolute Gasteiger partial charge is 0.317 e. The molecule has 0 aliphatic carbocycles. The minimum absolute atomic E-state index is 0.00300. The van der Waals surface area contributed by atoms with Gasteiger partial charge in [-0.15, -0.1) is 0 Å². The van der Waals surface area contributed by atoms with E-state index in [0.29, 0.717) is 13.1 Å². The number of benzene rings is 1. The van der Waals surface area contributed by atoms with E-state index in [1.54, 1.807) is 7.11 Å². The van der Waals surface area contributed by atoms with Crippen molar-refractivity contribution < 1.29 is 14.3 Å². The van der Waals surface area contributed by atoms with E-state index in [9.17, 15) is 4.79 Å². The molecule has 1 N–H and O–H groups in total. The third-order valence-corrected chi connectivity index (χ3v) is 3.57. The molecule has 0 radical (unpaired) electrons. The Morgan fingerprint density at radius 3 is 2.32 bits per heavy atom. The van der Waals surface area contributed by atoms with Crippen molar-refractivity contribution >= 4 is 6.03 Å². The SMILES string of the molecule is COc1ccccc1OC1CCN(C(=O)NC(C)(C)C)CC1. The first-order valence-electron chi connectivity index (χ1n) is 7.76. The molecule has 0 saturated carbocycles. The topological polar surface area (TPSA) is 50.8 Å². The molecule has 0 aromatic heterocycles. The molecule has 1 fully saturated rings. The number of nitrogens with one attached hydrogen (secondary N) is 1. The highest BCUT2D eigenvalue weighted by atomic mass is 16.5. The average Bonchev–Trinajstić information content (AvgIpc) is 2.47. The number of hydrogen-bond donors (Lipinski definition) is 1. The molecular formula is C17H26N2O3. The van der Waals surface area contributed by atoms with E-state index in [2.05, 4.69) is 5.32 Å². The Bertz CT molecular complexity index is 503. The number of amides is 2. The van der Waals surface area contributed by atoms with Gasteiger partial charge in [-0.1, -0.05) is 12.1 Å². The third-order valence-electron chi connectivity index (χ3n) is 3.57. The Balaban J connectivity index is 1.86. The molecule has 122 valence electrons. The number of piperidine rings is 1. The van der Waals surface area contributed by atoms with Gasteiger partial charge < -0.3 is 19.7 Å². The zero-order valence-electron chi connectivity index (χ0n) is 13.9. The van der Waals surface area contributed by atoms with E-state index < -0.39 is 0 Å². The molecule has 1 aromatic rings. The van der Waals surface area contributed by atoms with Crippen molar-refractivity contribution in [2.75, 3.05) is 20.2 Å². The number of likely N-dealkylation sites (tertiary alicyclic amines) is 1. The van der Waals surface area contributed by atoms with Crippen LogP contribution >= 0.6 is 0 Å². The number of carbonyl (C=O) groups is 1. The van der Waals surface area contributed by atoms with E-state index in [1.807, 2.05) is 49.9 Å². The van der Waals surface area contributed by atoms with E-state index in [0.717, 1.165) is 24.3 Å². The monoisotopic (exact) mass is 306 g/mol. The quantitative estimate of drug-likeness (QED) is 0.934. The summed E-state index contributed by atoms with van der Waals surface area (Å²) in [7, 11) is 1.64. The summed E-state index contributed by atoms with van der Waals surface area (Å²) >= 11 is 0. The normalized spacial score (nSPS) is 16.3. The van der Waals surface area contributed by atoms with Gasteiger partial charge in [-0.3, -0.25) is 0 Å². The van der Waals surface area contributed by atoms with Crippen molar-refractivity contribution in [3.63, 3.8) is 0 Å². The molecule has 1 aliphatic heterocycles. The van der Waals surface area contributed by atoms with Crippen LogP contribution in [0.3, 0.4) is 0 Å². The molecule has 1 aliphatic rings. The number of methoxy groups -OCH3 is 1. The van der Waals surface area contributed by atoms with Gasteiger partial charge in [-0.05, 0) is 32.9 Å². The number of ether oxygens (including phenoxy) is 2. The Hall–Kier alpha value is -1.91. The molecule has 0 unspecified atom stereocenters. The van der Waals surface area contributed by atoms with Crippen molar-refractivity contribution in [3.8, 4) is 11.5 Å². The van der Waals surface area contributed by atoms with Crippen LogP contribution in [0.1, 0.15) is 33.6 Å². The van der Waals surface area contributed by atoms with Crippen LogP contribution in [0.15, 0.2) is 24.3 Å². The van der Waals surface area contributed by atoms with Gasteiger partial charge in [-0.25, -0.2) is 4.79 Å². The van der Waals surface area contributed by atoms with Crippen LogP contribution in [0.5, 0.6) is 11.5 Å².